The molecule has 0 aliphatic heterocycles. The van der Waals surface area contributed by atoms with Crippen molar-refractivity contribution in [2.24, 2.45) is 0 Å². The Kier molecular flexibility index (Phi) is 3.34. The van der Waals surface area contributed by atoms with E-state index in [1.54, 1.807) is 0 Å². The van der Waals surface area contributed by atoms with Gasteiger partial charge in [0.05, 0.1) is 9.95 Å². The van der Waals surface area contributed by atoms with Crippen molar-refractivity contribution < 1.29 is 24.0 Å². The fourth-order valence-corrected chi connectivity index (χ4v) is 1.44. The van der Waals surface area contributed by atoms with Gasteiger partial charge in [-0.2, -0.15) is 4.98 Å². The minimum Gasteiger partial charge on any atom is -0.476 e. The Bertz CT molecular complexity index is 653. The number of nitrogens with zero attached hydrogens (tertiary/aromatic N) is 2. The third-order valence-electron chi connectivity index (χ3n) is 2.03. The van der Waals surface area contributed by atoms with Crippen LogP contribution in [0, 0.1) is 10.1 Å². The predicted octanol–water partition coefficient (Wildman–Crippen LogP) is 2.73. The zero-order chi connectivity index (χ0) is 14.0. The summed E-state index contributed by atoms with van der Waals surface area (Å²) in [5, 5.41) is 19.4. The topological polar surface area (TPSA) is 116 Å². The van der Waals surface area contributed by atoms with Crippen molar-refractivity contribution in [3.05, 3.63) is 45.3 Å². The molecule has 0 aliphatic carbocycles. The smallest absolute Gasteiger partial charge is 0.400 e. The van der Waals surface area contributed by atoms with Crippen molar-refractivity contribution >= 4 is 23.3 Å². The summed E-state index contributed by atoms with van der Waals surface area (Å²) in [6.07, 6.45) is 0.397. The van der Waals surface area contributed by atoms with Gasteiger partial charge in [-0.05, 0) is 6.07 Å². The average Bonchev–Trinajstić information content (AvgIpc) is 2.80. The monoisotopic (exact) mass is 284 g/mol. The molecule has 0 fully saturated rings. The minimum absolute atomic E-state index is 0.0238. The maximum absolute atomic E-state index is 10.8. The molecule has 0 amide bonds. The molecule has 1 aromatic heterocycles. The summed E-state index contributed by atoms with van der Waals surface area (Å²) in [5.74, 6) is -1.58. The zero-order valence-corrected chi connectivity index (χ0v) is 9.83. The molecule has 2 aromatic rings. The first kappa shape index (κ1) is 12.8. The lowest BCUT2D eigenvalue weighted by Crippen LogP contribution is -1.97. The van der Waals surface area contributed by atoms with Crippen LogP contribution in [0.4, 0.5) is 5.69 Å². The first-order valence-corrected chi connectivity index (χ1v) is 5.16. The third kappa shape index (κ3) is 2.63. The Labute approximate surface area is 110 Å². The second-order valence-corrected chi connectivity index (χ2v) is 3.66. The number of nitro groups is 1. The standard InChI is InChI=1S/C10H5ClN2O6/c11-5-2-1-3-7(13(16)17)8(5)19-10-12-6(4-18-10)9(14)15/h1-4H,(H,14,15). The van der Waals surface area contributed by atoms with Crippen LogP contribution in [-0.2, 0) is 0 Å². The molecule has 0 saturated carbocycles. The molecule has 0 unspecified atom stereocenters. The first-order chi connectivity index (χ1) is 8.99. The highest BCUT2D eigenvalue weighted by Gasteiger charge is 2.21. The molecule has 0 atom stereocenters. The Balaban J connectivity index is 2.37. The van der Waals surface area contributed by atoms with Crippen LogP contribution in [0.5, 0.6) is 11.8 Å². The number of aromatic nitrogens is 1. The summed E-state index contributed by atoms with van der Waals surface area (Å²) in [6, 6.07) is 3.94. The lowest BCUT2D eigenvalue weighted by atomic mass is 10.3. The van der Waals surface area contributed by atoms with E-state index in [4.69, 9.17) is 25.9 Å². The number of carboxylic acid groups (broad SMARTS) is 1. The van der Waals surface area contributed by atoms with Crippen LogP contribution in [0.3, 0.4) is 0 Å². The van der Waals surface area contributed by atoms with E-state index < -0.39 is 17.0 Å². The number of aromatic carboxylic acids is 1. The summed E-state index contributed by atoms with van der Waals surface area (Å²) >= 11 is 5.78. The van der Waals surface area contributed by atoms with E-state index in [0.29, 0.717) is 0 Å². The Morgan fingerprint density at radius 1 is 1.53 bits per heavy atom. The lowest BCUT2D eigenvalue weighted by molar-refractivity contribution is -0.385. The predicted molar refractivity (Wildman–Crippen MR) is 61.6 cm³/mol. The number of oxazole rings is 1. The highest BCUT2D eigenvalue weighted by Crippen LogP contribution is 2.37. The molecule has 0 saturated heterocycles. The van der Waals surface area contributed by atoms with Crippen LogP contribution in [-0.4, -0.2) is 21.0 Å². The maximum atomic E-state index is 10.8. The van der Waals surface area contributed by atoms with Crippen LogP contribution in [0.15, 0.2) is 28.9 Å². The fraction of sp³-hybridized carbons (Fsp3) is 0. The molecule has 0 bridgehead atoms. The highest BCUT2D eigenvalue weighted by molar-refractivity contribution is 6.32. The van der Waals surface area contributed by atoms with Gasteiger partial charge < -0.3 is 14.3 Å². The van der Waals surface area contributed by atoms with Gasteiger partial charge in [-0.15, -0.1) is 0 Å². The summed E-state index contributed by atoms with van der Waals surface area (Å²) in [4.78, 5) is 24.2. The van der Waals surface area contributed by atoms with Crippen LogP contribution in [0.2, 0.25) is 5.02 Å². The molecular weight excluding hydrogens is 280 g/mol. The van der Waals surface area contributed by atoms with Gasteiger partial charge in [0.2, 0.25) is 5.75 Å². The van der Waals surface area contributed by atoms with Crippen LogP contribution >= 0.6 is 11.6 Å². The number of carbonyl (C=O) groups is 1. The number of hydrogen-bond donors (Lipinski definition) is 1. The molecule has 1 N–H and O–H groups in total. The Hall–Kier alpha value is -2.61. The number of carboxylic acids is 1. The van der Waals surface area contributed by atoms with Crippen molar-refractivity contribution in [1.82, 2.24) is 4.98 Å². The molecule has 0 radical (unpaired) electrons. The number of halogens is 1. The third-order valence-corrected chi connectivity index (χ3v) is 2.33. The first-order valence-electron chi connectivity index (χ1n) is 4.78. The van der Waals surface area contributed by atoms with Crippen molar-refractivity contribution in [1.29, 1.82) is 0 Å². The number of para-hydroxylation sites is 1. The molecular formula is C10H5ClN2O6. The minimum atomic E-state index is -1.31. The van der Waals surface area contributed by atoms with Gasteiger partial charge in [0.25, 0.3) is 0 Å². The summed E-state index contributed by atoms with van der Waals surface area (Å²) in [7, 11) is 0. The second kappa shape index (κ2) is 4.94. The van der Waals surface area contributed by atoms with Gasteiger partial charge in [0.15, 0.2) is 5.69 Å². The van der Waals surface area contributed by atoms with E-state index in [1.165, 1.54) is 18.2 Å². The average molecular weight is 285 g/mol. The van der Waals surface area contributed by atoms with Crippen molar-refractivity contribution in [3.8, 4) is 11.8 Å². The molecule has 8 nitrogen and oxygen atoms in total. The van der Waals surface area contributed by atoms with Crippen molar-refractivity contribution in [3.63, 3.8) is 0 Å². The summed E-state index contributed by atoms with van der Waals surface area (Å²) in [5.41, 5.74) is -0.771. The summed E-state index contributed by atoms with van der Waals surface area (Å²) in [6.45, 7) is 0. The van der Waals surface area contributed by atoms with Crippen molar-refractivity contribution in [2.45, 2.75) is 0 Å². The van der Waals surface area contributed by atoms with E-state index in [9.17, 15) is 14.9 Å². The highest BCUT2D eigenvalue weighted by atomic mass is 35.5. The van der Waals surface area contributed by atoms with Crippen molar-refractivity contribution in [2.75, 3.05) is 0 Å². The summed E-state index contributed by atoms with van der Waals surface area (Å²) < 4.78 is 9.74. The molecule has 9 heteroatoms. The number of rotatable bonds is 4. The van der Waals surface area contributed by atoms with Gasteiger partial charge in [0, 0.05) is 6.07 Å². The van der Waals surface area contributed by atoms with Gasteiger partial charge in [-0.1, -0.05) is 17.7 Å². The van der Waals surface area contributed by atoms with Gasteiger partial charge >= 0.3 is 17.7 Å². The Morgan fingerprint density at radius 2 is 2.26 bits per heavy atom. The quantitative estimate of drug-likeness (QED) is 0.677. The van der Waals surface area contributed by atoms with Crippen LogP contribution < -0.4 is 4.74 Å². The normalized spacial score (nSPS) is 10.2. The maximum Gasteiger partial charge on any atom is 0.400 e. The molecule has 0 aliphatic rings. The van der Waals surface area contributed by atoms with E-state index in [2.05, 4.69) is 4.98 Å². The number of nitro benzene ring substituents is 1. The lowest BCUT2D eigenvalue weighted by Gasteiger charge is -2.03. The number of hydrogen-bond acceptors (Lipinski definition) is 6. The van der Waals surface area contributed by atoms with Gasteiger partial charge in [-0.3, -0.25) is 10.1 Å². The van der Waals surface area contributed by atoms with Gasteiger partial charge in [-0.25, -0.2) is 4.79 Å². The second-order valence-electron chi connectivity index (χ2n) is 3.25. The van der Waals surface area contributed by atoms with E-state index in [0.717, 1.165) is 6.26 Å². The molecule has 1 aromatic carbocycles. The molecule has 1 heterocycles. The molecule has 19 heavy (non-hydrogen) atoms. The molecule has 2 rings (SSSR count). The van der Waals surface area contributed by atoms with E-state index >= 15 is 0 Å². The Morgan fingerprint density at radius 3 is 2.84 bits per heavy atom. The van der Waals surface area contributed by atoms with Crippen LogP contribution in [0.25, 0.3) is 0 Å². The fourth-order valence-electron chi connectivity index (χ4n) is 1.23. The van der Waals surface area contributed by atoms with Gasteiger partial charge in [0.1, 0.15) is 6.26 Å². The SMILES string of the molecule is O=C(O)c1coc(Oc2c(Cl)cccc2[N+](=O)[O-])n1. The zero-order valence-electron chi connectivity index (χ0n) is 9.07. The van der Waals surface area contributed by atoms with Crippen LogP contribution in [0.1, 0.15) is 10.5 Å². The number of benzene rings is 1. The number of ether oxygens (including phenoxy) is 1. The van der Waals surface area contributed by atoms with E-state index in [1.807, 2.05) is 0 Å². The van der Waals surface area contributed by atoms with E-state index in [-0.39, 0.29) is 22.2 Å². The molecule has 0 spiro atoms. The molecule has 98 valence electrons. The largest absolute Gasteiger partial charge is 0.476 e.